The maximum Gasteiger partial charge on any atom is 0.131 e. The number of nitrogens with two attached hydrogens (primary N) is 1. The third-order valence-electron chi connectivity index (χ3n) is 2.53. The fourth-order valence-corrected chi connectivity index (χ4v) is 2.68. The molecule has 0 aliphatic rings. The number of nitrogen functional groups attached to an aromatic ring is 1. The molecular weight excluding hydrogens is 372 g/mol. The number of amidine groups is 1. The van der Waals surface area contributed by atoms with Crippen LogP contribution >= 0.6 is 31.9 Å². The molecule has 0 spiro atoms. The zero-order chi connectivity index (χ0) is 13.8. The van der Waals surface area contributed by atoms with Gasteiger partial charge in [0.15, 0.2) is 0 Å². The predicted molar refractivity (Wildman–Crippen MR) is 83.6 cm³/mol. The lowest BCUT2D eigenvalue weighted by Gasteiger charge is -2.12. The maximum atomic E-state index is 7.59. The Morgan fingerprint density at radius 3 is 2.58 bits per heavy atom. The molecular formula is C14H12Br2N2O. The van der Waals surface area contributed by atoms with E-state index in [1.807, 2.05) is 36.4 Å². The summed E-state index contributed by atoms with van der Waals surface area (Å²) in [6.07, 6.45) is 0. The Bertz CT molecular complexity index is 614. The van der Waals surface area contributed by atoms with Gasteiger partial charge in [-0.05, 0) is 45.8 Å². The van der Waals surface area contributed by atoms with Crippen molar-refractivity contribution in [3.05, 3.63) is 62.5 Å². The van der Waals surface area contributed by atoms with Crippen LogP contribution in [0.15, 0.2) is 51.4 Å². The summed E-state index contributed by atoms with van der Waals surface area (Å²) in [5.74, 6) is 0.582. The van der Waals surface area contributed by atoms with E-state index in [2.05, 4.69) is 31.9 Å². The lowest BCUT2D eigenvalue weighted by Crippen LogP contribution is -2.14. The SMILES string of the molecule is N=C(N)c1c(Br)cccc1OCc1cccc(Br)c1. The topological polar surface area (TPSA) is 59.1 Å². The van der Waals surface area contributed by atoms with Gasteiger partial charge in [0, 0.05) is 8.95 Å². The van der Waals surface area contributed by atoms with Crippen LogP contribution in [0.3, 0.4) is 0 Å². The van der Waals surface area contributed by atoms with Gasteiger partial charge in [-0.25, -0.2) is 0 Å². The molecule has 0 unspecified atom stereocenters. The summed E-state index contributed by atoms with van der Waals surface area (Å²) in [6.45, 7) is 0.427. The Balaban J connectivity index is 2.20. The van der Waals surface area contributed by atoms with Crippen LogP contribution in [0.25, 0.3) is 0 Å². The standard InChI is InChI=1S/C14H12Br2N2O/c15-10-4-1-3-9(7-10)8-19-12-6-2-5-11(16)13(12)14(17)18/h1-7H,8H2,(H3,17,18). The van der Waals surface area contributed by atoms with Crippen LogP contribution in [0.4, 0.5) is 0 Å². The second-order valence-electron chi connectivity index (χ2n) is 3.95. The molecule has 0 radical (unpaired) electrons. The van der Waals surface area contributed by atoms with E-state index < -0.39 is 0 Å². The van der Waals surface area contributed by atoms with E-state index in [-0.39, 0.29) is 5.84 Å². The number of ether oxygens (including phenoxy) is 1. The number of hydrogen-bond acceptors (Lipinski definition) is 2. The molecule has 3 N–H and O–H groups in total. The molecule has 0 amide bonds. The highest BCUT2D eigenvalue weighted by molar-refractivity contribution is 9.10. The van der Waals surface area contributed by atoms with E-state index >= 15 is 0 Å². The molecule has 0 saturated heterocycles. The van der Waals surface area contributed by atoms with Crippen LogP contribution in [0.5, 0.6) is 5.75 Å². The molecule has 0 aliphatic heterocycles. The van der Waals surface area contributed by atoms with Crippen molar-refractivity contribution in [2.24, 2.45) is 5.73 Å². The summed E-state index contributed by atoms with van der Waals surface area (Å²) < 4.78 is 7.51. The van der Waals surface area contributed by atoms with Crippen molar-refractivity contribution in [1.82, 2.24) is 0 Å². The van der Waals surface area contributed by atoms with Crippen LogP contribution in [0.2, 0.25) is 0 Å². The summed E-state index contributed by atoms with van der Waals surface area (Å²) >= 11 is 6.80. The highest BCUT2D eigenvalue weighted by Gasteiger charge is 2.10. The summed E-state index contributed by atoms with van der Waals surface area (Å²) in [6, 6.07) is 13.4. The summed E-state index contributed by atoms with van der Waals surface area (Å²) in [5.41, 5.74) is 7.20. The van der Waals surface area contributed by atoms with Gasteiger partial charge in [0.2, 0.25) is 0 Å². The molecule has 0 atom stereocenters. The minimum Gasteiger partial charge on any atom is -0.488 e. The van der Waals surface area contributed by atoms with Crippen molar-refractivity contribution in [3.8, 4) is 5.75 Å². The molecule has 98 valence electrons. The van der Waals surface area contributed by atoms with Crippen LogP contribution in [0.1, 0.15) is 11.1 Å². The second-order valence-corrected chi connectivity index (χ2v) is 5.72. The highest BCUT2D eigenvalue weighted by atomic mass is 79.9. The van der Waals surface area contributed by atoms with Crippen LogP contribution < -0.4 is 10.5 Å². The average Bonchev–Trinajstić information content (AvgIpc) is 2.36. The van der Waals surface area contributed by atoms with Gasteiger partial charge in [0.25, 0.3) is 0 Å². The Morgan fingerprint density at radius 1 is 1.16 bits per heavy atom. The predicted octanol–water partition coefficient (Wildman–Crippen LogP) is 4.07. The molecule has 0 fully saturated rings. The van der Waals surface area contributed by atoms with Gasteiger partial charge in [-0.2, -0.15) is 0 Å². The number of nitrogens with one attached hydrogen (secondary N) is 1. The molecule has 5 heteroatoms. The van der Waals surface area contributed by atoms with Gasteiger partial charge in [-0.1, -0.05) is 34.1 Å². The molecule has 0 aliphatic carbocycles. The normalized spacial score (nSPS) is 10.2. The molecule has 0 bridgehead atoms. The first kappa shape index (κ1) is 14.1. The van der Waals surface area contributed by atoms with Crippen LogP contribution in [-0.2, 0) is 6.61 Å². The van der Waals surface area contributed by atoms with Crippen molar-refractivity contribution < 1.29 is 4.74 Å². The summed E-state index contributed by atoms with van der Waals surface area (Å²) in [7, 11) is 0. The maximum absolute atomic E-state index is 7.59. The van der Waals surface area contributed by atoms with Gasteiger partial charge in [-0.3, -0.25) is 5.41 Å². The lowest BCUT2D eigenvalue weighted by molar-refractivity contribution is 0.305. The minimum absolute atomic E-state index is 0.0169. The summed E-state index contributed by atoms with van der Waals surface area (Å²) in [5, 5.41) is 7.59. The second kappa shape index (κ2) is 6.21. The van der Waals surface area contributed by atoms with Crippen molar-refractivity contribution in [1.29, 1.82) is 5.41 Å². The van der Waals surface area contributed by atoms with E-state index in [1.165, 1.54) is 0 Å². The number of rotatable bonds is 4. The van der Waals surface area contributed by atoms with Gasteiger partial charge < -0.3 is 10.5 Å². The molecule has 2 rings (SSSR count). The molecule has 2 aromatic rings. The van der Waals surface area contributed by atoms with Gasteiger partial charge >= 0.3 is 0 Å². The van der Waals surface area contributed by atoms with Gasteiger partial charge in [0.1, 0.15) is 18.2 Å². The molecule has 0 aromatic heterocycles. The number of hydrogen-bond donors (Lipinski definition) is 2. The lowest BCUT2D eigenvalue weighted by atomic mass is 10.2. The number of halogens is 2. The van der Waals surface area contributed by atoms with Crippen molar-refractivity contribution >= 4 is 37.7 Å². The van der Waals surface area contributed by atoms with E-state index in [1.54, 1.807) is 6.07 Å². The first-order valence-electron chi connectivity index (χ1n) is 5.58. The Kier molecular flexibility index (Phi) is 4.61. The Labute approximate surface area is 128 Å². The summed E-state index contributed by atoms with van der Waals surface area (Å²) in [4.78, 5) is 0. The molecule has 0 saturated carbocycles. The largest absolute Gasteiger partial charge is 0.488 e. The first-order chi connectivity index (χ1) is 9.08. The quantitative estimate of drug-likeness (QED) is 0.617. The fourth-order valence-electron chi connectivity index (χ4n) is 1.67. The Hall–Kier alpha value is -1.33. The number of benzene rings is 2. The molecule has 19 heavy (non-hydrogen) atoms. The van der Waals surface area contributed by atoms with Crippen LogP contribution in [0, 0.1) is 5.41 Å². The minimum atomic E-state index is -0.0169. The monoisotopic (exact) mass is 382 g/mol. The van der Waals surface area contributed by atoms with Crippen LogP contribution in [-0.4, -0.2) is 5.84 Å². The molecule has 3 nitrogen and oxygen atoms in total. The zero-order valence-electron chi connectivity index (χ0n) is 9.99. The van der Waals surface area contributed by atoms with Gasteiger partial charge in [0.05, 0.1) is 5.56 Å². The zero-order valence-corrected chi connectivity index (χ0v) is 13.2. The van der Waals surface area contributed by atoms with Crippen molar-refractivity contribution in [3.63, 3.8) is 0 Å². The Morgan fingerprint density at radius 2 is 1.89 bits per heavy atom. The van der Waals surface area contributed by atoms with E-state index in [4.69, 9.17) is 15.9 Å². The van der Waals surface area contributed by atoms with Gasteiger partial charge in [-0.15, -0.1) is 0 Å². The first-order valence-corrected chi connectivity index (χ1v) is 7.16. The van der Waals surface area contributed by atoms with E-state index in [0.717, 1.165) is 14.5 Å². The molecule has 0 heterocycles. The average molecular weight is 384 g/mol. The fraction of sp³-hybridized carbons (Fsp3) is 0.0714. The van der Waals surface area contributed by atoms with E-state index in [9.17, 15) is 0 Å². The molecule has 2 aromatic carbocycles. The third kappa shape index (κ3) is 3.58. The highest BCUT2D eigenvalue weighted by Crippen LogP contribution is 2.27. The third-order valence-corrected chi connectivity index (χ3v) is 3.68. The van der Waals surface area contributed by atoms with E-state index in [0.29, 0.717) is 17.9 Å². The smallest absolute Gasteiger partial charge is 0.131 e. The van der Waals surface area contributed by atoms with Crippen molar-refractivity contribution in [2.75, 3.05) is 0 Å². The van der Waals surface area contributed by atoms with Crippen molar-refractivity contribution in [2.45, 2.75) is 6.61 Å².